The molecule has 1 aliphatic heterocycles. The van der Waals surface area contributed by atoms with Gasteiger partial charge in [0.2, 0.25) is 0 Å². The van der Waals surface area contributed by atoms with Crippen LogP contribution in [-0.4, -0.2) is 0 Å². The molecule has 4 heteroatoms. The maximum absolute atomic E-state index is 6.26. The molecule has 0 saturated heterocycles. The topological polar surface area (TPSA) is 35.2 Å². The van der Waals surface area contributed by atoms with E-state index in [1.807, 2.05) is 6.07 Å². The lowest BCUT2D eigenvalue weighted by Crippen LogP contribution is -2.23. The molecule has 0 amide bonds. The second-order valence-electron chi connectivity index (χ2n) is 4.63. The van der Waals surface area contributed by atoms with Gasteiger partial charge in [0.05, 0.1) is 3.79 Å². The zero-order valence-electron chi connectivity index (χ0n) is 10.0. The van der Waals surface area contributed by atoms with Gasteiger partial charge in [0.1, 0.15) is 11.9 Å². The molecule has 0 aliphatic carbocycles. The minimum atomic E-state index is 0.0551. The van der Waals surface area contributed by atoms with Crippen molar-refractivity contribution in [3.8, 4) is 5.75 Å². The van der Waals surface area contributed by atoms with Crippen molar-refractivity contribution < 1.29 is 4.74 Å². The summed E-state index contributed by atoms with van der Waals surface area (Å²) >= 11 is 5.20. The Hall–Kier alpha value is -0.840. The lowest BCUT2D eigenvalue weighted by atomic mass is 9.95. The molecule has 2 N–H and O–H groups in total. The van der Waals surface area contributed by atoms with E-state index in [2.05, 4.69) is 47.1 Å². The Bertz CT molecular complexity index is 581. The molecule has 1 aromatic carbocycles. The summed E-state index contributed by atoms with van der Waals surface area (Å²) in [6.45, 7) is 2.08. The monoisotopic (exact) mass is 323 g/mol. The summed E-state index contributed by atoms with van der Waals surface area (Å²) in [6, 6.07) is 10.4. The molecule has 2 aromatic rings. The number of fused-ring (bicyclic) bond motifs is 1. The Morgan fingerprint density at radius 2 is 2.17 bits per heavy atom. The molecule has 0 fully saturated rings. The second-order valence-corrected chi connectivity index (χ2v) is 7.13. The molecular weight excluding hydrogens is 310 g/mol. The van der Waals surface area contributed by atoms with Crippen LogP contribution < -0.4 is 10.5 Å². The van der Waals surface area contributed by atoms with Gasteiger partial charge >= 0.3 is 0 Å². The van der Waals surface area contributed by atoms with E-state index >= 15 is 0 Å². The van der Waals surface area contributed by atoms with Gasteiger partial charge in [-0.15, -0.1) is 11.3 Å². The van der Waals surface area contributed by atoms with Crippen molar-refractivity contribution in [2.75, 3.05) is 0 Å². The average molecular weight is 324 g/mol. The largest absolute Gasteiger partial charge is 0.484 e. The van der Waals surface area contributed by atoms with Crippen LogP contribution in [0.4, 0.5) is 0 Å². The van der Waals surface area contributed by atoms with Crippen LogP contribution in [0.15, 0.2) is 34.1 Å². The molecule has 94 valence electrons. The van der Waals surface area contributed by atoms with Crippen molar-refractivity contribution >= 4 is 27.3 Å². The molecule has 2 atom stereocenters. The Kier molecular flexibility index (Phi) is 3.18. The van der Waals surface area contributed by atoms with Gasteiger partial charge in [-0.05, 0) is 41.1 Å². The Balaban J connectivity index is 1.94. The van der Waals surface area contributed by atoms with Crippen LogP contribution in [0.5, 0.6) is 5.75 Å². The van der Waals surface area contributed by atoms with E-state index in [0.717, 1.165) is 21.5 Å². The fraction of sp³-hybridized carbons (Fsp3) is 0.286. The summed E-state index contributed by atoms with van der Waals surface area (Å²) in [4.78, 5) is 1.23. The third-order valence-corrected chi connectivity index (χ3v) is 4.93. The molecule has 1 unspecified atom stereocenters. The van der Waals surface area contributed by atoms with Crippen molar-refractivity contribution in [1.29, 1.82) is 0 Å². The number of hydrogen-bond acceptors (Lipinski definition) is 3. The van der Waals surface area contributed by atoms with Gasteiger partial charge in [-0.25, -0.2) is 0 Å². The molecular formula is C14H14BrNOS. The second kappa shape index (κ2) is 4.68. The first-order valence-corrected chi connectivity index (χ1v) is 7.52. The number of aryl methyl sites for hydroxylation is 1. The van der Waals surface area contributed by atoms with E-state index in [4.69, 9.17) is 10.5 Å². The molecule has 2 nitrogen and oxygen atoms in total. The van der Waals surface area contributed by atoms with Gasteiger partial charge in [-0.3, -0.25) is 0 Å². The van der Waals surface area contributed by atoms with Gasteiger partial charge in [-0.2, -0.15) is 0 Å². The van der Waals surface area contributed by atoms with Crippen LogP contribution in [0.1, 0.15) is 34.6 Å². The SMILES string of the molecule is Cc1ccc2c(c1)[C@@H](N)CC(c1ccc(Br)s1)O2. The highest BCUT2D eigenvalue weighted by atomic mass is 79.9. The Morgan fingerprint density at radius 3 is 2.89 bits per heavy atom. The molecule has 0 spiro atoms. The number of thiophene rings is 1. The van der Waals surface area contributed by atoms with Crippen molar-refractivity contribution in [3.63, 3.8) is 0 Å². The van der Waals surface area contributed by atoms with Crippen molar-refractivity contribution in [3.05, 3.63) is 50.1 Å². The van der Waals surface area contributed by atoms with Crippen LogP contribution in [0.3, 0.4) is 0 Å². The standard InChI is InChI=1S/C14H14BrNOS/c1-8-2-3-11-9(6-8)10(16)7-12(17-11)13-4-5-14(15)18-13/h2-6,10,12H,7,16H2,1H3/t10-,12?/m0/s1. The number of rotatable bonds is 1. The molecule has 1 aliphatic rings. The fourth-order valence-electron chi connectivity index (χ4n) is 2.30. The zero-order valence-corrected chi connectivity index (χ0v) is 12.4. The predicted octanol–water partition coefficient (Wildman–Crippen LogP) is 4.34. The number of nitrogens with two attached hydrogens (primary N) is 1. The van der Waals surface area contributed by atoms with Gasteiger partial charge < -0.3 is 10.5 Å². The predicted molar refractivity (Wildman–Crippen MR) is 78.1 cm³/mol. The van der Waals surface area contributed by atoms with E-state index in [0.29, 0.717) is 0 Å². The molecule has 0 saturated carbocycles. The van der Waals surface area contributed by atoms with Crippen LogP contribution in [0.25, 0.3) is 0 Å². The Morgan fingerprint density at radius 1 is 1.33 bits per heavy atom. The summed E-state index contributed by atoms with van der Waals surface area (Å²) in [6.07, 6.45) is 0.912. The highest BCUT2D eigenvalue weighted by Crippen LogP contribution is 2.42. The summed E-state index contributed by atoms with van der Waals surface area (Å²) in [7, 11) is 0. The summed E-state index contributed by atoms with van der Waals surface area (Å²) < 4.78 is 7.20. The van der Waals surface area contributed by atoms with Crippen LogP contribution in [0.2, 0.25) is 0 Å². The van der Waals surface area contributed by atoms with E-state index < -0.39 is 0 Å². The number of ether oxygens (including phenoxy) is 1. The summed E-state index contributed by atoms with van der Waals surface area (Å²) in [5.41, 5.74) is 8.62. The van der Waals surface area contributed by atoms with E-state index in [1.54, 1.807) is 11.3 Å². The first kappa shape index (κ1) is 12.2. The Labute approximate surface area is 119 Å². The quantitative estimate of drug-likeness (QED) is 0.847. The number of benzene rings is 1. The maximum Gasteiger partial charge on any atom is 0.135 e. The highest BCUT2D eigenvalue weighted by molar-refractivity contribution is 9.11. The van der Waals surface area contributed by atoms with E-state index in [1.165, 1.54) is 10.4 Å². The van der Waals surface area contributed by atoms with Crippen molar-refractivity contribution in [2.45, 2.75) is 25.5 Å². The van der Waals surface area contributed by atoms with Gasteiger partial charge in [0.15, 0.2) is 0 Å². The van der Waals surface area contributed by atoms with Crippen molar-refractivity contribution in [1.82, 2.24) is 0 Å². The van der Waals surface area contributed by atoms with Crippen LogP contribution >= 0.6 is 27.3 Å². The molecule has 2 heterocycles. The maximum atomic E-state index is 6.26. The minimum Gasteiger partial charge on any atom is -0.484 e. The lowest BCUT2D eigenvalue weighted by Gasteiger charge is -2.30. The van der Waals surface area contributed by atoms with E-state index in [9.17, 15) is 0 Å². The molecule has 18 heavy (non-hydrogen) atoms. The fourth-order valence-corrected chi connectivity index (χ4v) is 3.77. The van der Waals surface area contributed by atoms with Gasteiger partial charge in [0, 0.05) is 22.9 Å². The smallest absolute Gasteiger partial charge is 0.135 e. The number of halogens is 1. The first-order chi connectivity index (χ1) is 8.63. The summed E-state index contributed by atoms with van der Waals surface area (Å²) in [5, 5.41) is 0. The molecule has 0 radical (unpaired) electrons. The number of hydrogen-bond donors (Lipinski definition) is 1. The zero-order chi connectivity index (χ0) is 12.7. The van der Waals surface area contributed by atoms with E-state index in [-0.39, 0.29) is 12.1 Å². The lowest BCUT2D eigenvalue weighted by molar-refractivity contribution is 0.165. The average Bonchev–Trinajstić information content (AvgIpc) is 2.77. The third-order valence-electron chi connectivity index (χ3n) is 3.21. The highest BCUT2D eigenvalue weighted by Gasteiger charge is 2.27. The van der Waals surface area contributed by atoms with Gasteiger partial charge in [0.25, 0.3) is 0 Å². The molecule has 0 bridgehead atoms. The van der Waals surface area contributed by atoms with Crippen LogP contribution in [0, 0.1) is 6.92 Å². The first-order valence-electron chi connectivity index (χ1n) is 5.91. The third kappa shape index (κ3) is 2.20. The normalized spacial score (nSPS) is 22.4. The van der Waals surface area contributed by atoms with Crippen LogP contribution in [-0.2, 0) is 0 Å². The molecule has 1 aromatic heterocycles. The molecule has 3 rings (SSSR count). The van der Waals surface area contributed by atoms with Crippen molar-refractivity contribution in [2.24, 2.45) is 5.73 Å². The minimum absolute atomic E-state index is 0.0551. The van der Waals surface area contributed by atoms with Gasteiger partial charge in [-0.1, -0.05) is 17.7 Å². The summed E-state index contributed by atoms with van der Waals surface area (Å²) in [5.74, 6) is 0.925.